The van der Waals surface area contributed by atoms with Gasteiger partial charge < -0.3 is 0 Å². The molecule has 18 heavy (non-hydrogen) atoms. The third-order valence-electron chi connectivity index (χ3n) is 2.12. The fraction of sp³-hybridized carbons (Fsp3) is 0. The van der Waals surface area contributed by atoms with Crippen LogP contribution in [-0.2, 0) is 0 Å². The van der Waals surface area contributed by atoms with E-state index < -0.39 is 22.2 Å². The third-order valence-corrected chi connectivity index (χ3v) is 2.30. The van der Waals surface area contributed by atoms with Gasteiger partial charge in [0.15, 0.2) is 5.69 Å². The van der Waals surface area contributed by atoms with Crippen molar-refractivity contribution in [2.24, 2.45) is 0 Å². The standard InChI is InChI=1S/C10H4ClF2N3O2/c11-10-14-4-8(16(17)18)9(15-10)6-3-5(12)1-2-7(6)13/h1-4H. The summed E-state index contributed by atoms with van der Waals surface area (Å²) in [6.07, 6.45) is 0.842. The van der Waals surface area contributed by atoms with Crippen molar-refractivity contribution in [2.75, 3.05) is 0 Å². The molecule has 0 N–H and O–H groups in total. The number of halogens is 3. The summed E-state index contributed by atoms with van der Waals surface area (Å²) < 4.78 is 26.6. The van der Waals surface area contributed by atoms with Gasteiger partial charge in [-0.1, -0.05) is 0 Å². The first kappa shape index (κ1) is 12.3. The number of rotatable bonds is 2. The molecule has 0 bridgehead atoms. The lowest BCUT2D eigenvalue weighted by Gasteiger charge is -2.03. The summed E-state index contributed by atoms with van der Waals surface area (Å²) in [5, 5.41) is 10.5. The lowest BCUT2D eigenvalue weighted by molar-refractivity contribution is -0.384. The fourth-order valence-electron chi connectivity index (χ4n) is 1.36. The van der Waals surface area contributed by atoms with Crippen LogP contribution in [0.15, 0.2) is 24.4 Å². The minimum absolute atomic E-state index is 0.292. The number of nitrogens with zero attached hydrogens (tertiary/aromatic N) is 3. The first-order chi connectivity index (χ1) is 8.49. The van der Waals surface area contributed by atoms with Crippen LogP contribution in [0.25, 0.3) is 11.3 Å². The largest absolute Gasteiger partial charge is 0.313 e. The Morgan fingerprint density at radius 3 is 2.72 bits per heavy atom. The van der Waals surface area contributed by atoms with Gasteiger partial charge in [0.05, 0.1) is 4.92 Å². The van der Waals surface area contributed by atoms with Crippen LogP contribution in [-0.4, -0.2) is 14.9 Å². The Hall–Kier alpha value is -2.15. The predicted octanol–water partition coefficient (Wildman–Crippen LogP) is 2.98. The molecule has 0 spiro atoms. The molecule has 0 aliphatic rings. The quantitative estimate of drug-likeness (QED) is 0.478. The molecule has 1 aromatic carbocycles. The minimum Gasteiger partial charge on any atom is -0.258 e. The molecule has 8 heteroatoms. The highest BCUT2D eigenvalue weighted by molar-refractivity contribution is 6.28. The second kappa shape index (κ2) is 4.61. The predicted molar refractivity (Wildman–Crippen MR) is 59.0 cm³/mol. The van der Waals surface area contributed by atoms with Crippen LogP contribution in [0.4, 0.5) is 14.5 Å². The highest BCUT2D eigenvalue weighted by atomic mass is 35.5. The molecule has 1 aromatic heterocycles. The van der Waals surface area contributed by atoms with Crippen LogP contribution in [0.1, 0.15) is 0 Å². The van der Waals surface area contributed by atoms with Crippen LogP contribution in [0.3, 0.4) is 0 Å². The Bertz CT molecular complexity index is 637. The van der Waals surface area contributed by atoms with Crippen molar-refractivity contribution in [3.05, 3.63) is 51.4 Å². The summed E-state index contributed by atoms with van der Waals surface area (Å²) in [4.78, 5) is 17.0. The average molecular weight is 272 g/mol. The van der Waals surface area contributed by atoms with Gasteiger partial charge in [-0.3, -0.25) is 10.1 Å². The van der Waals surface area contributed by atoms with E-state index in [4.69, 9.17) is 11.6 Å². The molecule has 0 saturated heterocycles. The number of aromatic nitrogens is 2. The summed E-state index contributed by atoms with van der Waals surface area (Å²) in [6.45, 7) is 0. The Kier molecular flexibility index (Phi) is 3.15. The van der Waals surface area contributed by atoms with Gasteiger partial charge in [-0.2, -0.15) is 0 Å². The summed E-state index contributed by atoms with van der Waals surface area (Å²) in [6, 6.07) is 2.55. The van der Waals surface area contributed by atoms with E-state index in [2.05, 4.69) is 9.97 Å². The number of nitro groups is 1. The SMILES string of the molecule is O=[N+]([O-])c1cnc(Cl)nc1-c1cc(F)ccc1F. The molecule has 0 aliphatic heterocycles. The molecule has 0 saturated carbocycles. The van der Waals surface area contributed by atoms with E-state index in [1.54, 1.807) is 0 Å². The van der Waals surface area contributed by atoms with Crippen LogP contribution >= 0.6 is 11.6 Å². The zero-order valence-corrected chi connectivity index (χ0v) is 9.36. The van der Waals surface area contributed by atoms with Gasteiger partial charge in [-0.05, 0) is 29.8 Å². The number of hydrogen-bond donors (Lipinski definition) is 0. The molecular formula is C10H4ClF2N3O2. The highest BCUT2D eigenvalue weighted by Crippen LogP contribution is 2.30. The monoisotopic (exact) mass is 271 g/mol. The first-order valence-electron chi connectivity index (χ1n) is 4.61. The zero-order valence-electron chi connectivity index (χ0n) is 8.60. The van der Waals surface area contributed by atoms with Gasteiger partial charge in [0, 0.05) is 5.56 Å². The fourth-order valence-corrected chi connectivity index (χ4v) is 1.50. The van der Waals surface area contributed by atoms with Crippen molar-refractivity contribution >= 4 is 17.3 Å². The highest BCUT2D eigenvalue weighted by Gasteiger charge is 2.21. The first-order valence-corrected chi connectivity index (χ1v) is 4.99. The second-order valence-corrected chi connectivity index (χ2v) is 3.59. The summed E-state index contributed by atoms with van der Waals surface area (Å²) >= 11 is 5.50. The molecular weight excluding hydrogens is 268 g/mol. The molecule has 5 nitrogen and oxygen atoms in total. The van der Waals surface area contributed by atoms with Gasteiger partial charge in [0.25, 0.3) is 0 Å². The van der Waals surface area contributed by atoms with Crippen LogP contribution < -0.4 is 0 Å². The zero-order chi connectivity index (χ0) is 13.3. The van der Waals surface area contributed by atoms with Crippen LogP contribution in [0.5, 0.6) is 0 Å². The summed E-state index contributed by atoms with van der Waals surface area (Å²) in [5.41, 5.74) is -1.26. The maximum Gasteiger partial charge on any atom is 0.313 e. The Balaban J connectivity index is 2.73. The van der Waals surface area contributed by atoms with Crippen LogP contribution in [0, 0.1) is 21.7 Å². The smallest absolute Gasteiger partial charge is 0.258 e. The molecule has 2 aromatic rings. The maximum absolute atomic E-state index is 13.5. The van der Waals surface area contributed by atoms with E-state index in [-0.39, 0.29) is 16.5 Å². The van der Waals surface area contributed by atoms with Gasteiger partial charge in [-0.15, -0.1) is 0 Å². The molecule has 2 rings (SSSR count). The number of benzene rings is 1. The Morgan fingerprint density at radius 2 is 2.06 bits per heavy atom. The molecule has 1 heterocycles. The maximum atomic E-state index is 13.5. The molecule has 0 atom stereocenters. The van der Waals surface area contributed by atoms with E-state index in [9.17, 15) is 18.9 Å². The Morgan fingerprint density at radius 1 is 1.33 bits per heavy atom. The van der Waals surface area contributed by atoms with Gasteiger partial charge >= 0.3 is 5.69 Å². The van der Waals surface area contributed by atoms with Crippen LogP contribution in [0.2, 0.25) is 5.28 Å². The van der Waals surface area contributed by atoms with E-state index >= 15 is 0 Å². The van der Waals surface area contributed by atoms with E-state index in [0.29, 0.717) is 0 Å². The normalized spacial score (nSPS) is 10.4. The van der Waals surface area contributed by atoms with E-state index in [0.717, 1.165) is 24.4 Å². The third kappa shape index (κ3) is 2.25. The van der Waals surface area contributed by atoms with Crippen molar-refractivity contribution in [1.29, 1.82) is 0 Å². The van der Waals surface area contributed by atoms with Crippen molar-refractivity contribution in [1.82, 2.24) is 9.97 Å². The van der Waals surface area contributed by atoms with Crippen molar-refractivity contribution in [3.8, 4) is 11.3 Å². The summed E-state index contributed by atoms with van der Waals surface area (Å²) in [7, 11) is 0. The molecule has 0 unspecified atom stereocenters. The molecule has 0 radical (unpaired) electrons. The molecule has 0 aliphatic carbocycles. The van der Waals surface area contributed by atoms with Crippen molar-refractivity contribution < 1.29 is 13.7 Å². The molecule has 92 valence electrons. The average Bonchev–Trinajstić information content (AvgIpc) is 2.31. The van der Waals surface area contributed by atoms with E-state index in [1.165, 1.54) is 0 Å². The second-order valence-electron chi connectivity index (χ2n) is 3.25. The van der Waals surface area contributed by atoms with E-state index in [1.807, 2.05) is 0 Å². The van der Waals surface area contributed by atoms with Crippen molar-refractivity contribution in [3.63, 3.8) is 0 Å². The lowest BCUT2D eigenvalue weighted by Crippen LogP contribution is -1.99. The topological polar surface area (TPSA) is 68.9 Å². The van der Waals surface area contributed by atoms with Crippen molar-refractivity contribution in [2.45, 2.75) is 0 Å². The lowest BCUT2D eigenvalue weighted by atomic mass is 10.1. The van der Waals surface area contributed by atoms with Gasteiger partial charge in [0.2, 0.25) is 5.28 Å². The molecule has 0 amide bonds. The number of hydrogen-bond acceptors (Lipinski definition) is 4. The van der Waals surface area contributed by atoms with Gasteiger partial charge in [-0.25, -0.2) is 18.7 Å². The summed E-state index contributed by atoms with van der Waals surface area (Å²) in [5.74, 6) is -1.58. The minimum atomic E-state index is -0.839. The molecule has 0 fully saturated rings. The van der Waals surface area contributed by atoms with Gasteiger partial charge in [0.1, 0.15) is 17.8 Å². The Labute approximate surface area is 104 Å².